The van der Waals surface area contributed by atoms with Crippen LogP contribution >= 0.6 is 0 Å². The van der Waals surface area contributed by atoms with Crippen molar-refractivity contribution in [1.29, 1.82) is 0 Å². The summed E-state index contributed by atoms with van der Waals surface area (Å²) in [5.74, 6) is 0.798. The van der Waals surface area contributed by atoms with Gasteiger partial charge in [0.1, 0.15) is 0 Å². The molecule has 0 spiro atoms. The molecule has 21 heavy (non-hydrogen) atoms. The van der Waals surface area contributed by atoms with Crippen LogP contribution in [0.15, 0.2) is 0 Å². The molecule has 1 rings (SSSR count). The Kier molecular flexibility index (Phi) is 11.3. The standard InChI is InChI=1S/C19H40N2/c1-3-4-5-6-7-8-9-10-11-12-15-21-16-13-14-18(2)19(21)17-20/h18-19H,3-17,20H2,1-2H3. The van der Waals surface area contributed by atoms with Crippen molar-refractivity contribution in [3.05, 3.63) is 0 Å². The zero-order chi connectivity index (χ0) is 15.3. The predicted molar refractivity (Wildman–Crippen MR) is 94.7 cm³/mol. The molecule has 0 radical (unpaired) electrons. The molecule has 0 aliphatic carbocycles. The van der Waals surface area contributed by atoms with Gasteiger partial charge in [0.05, 0.1) is 0 Å². The molecule has 126 valence electrons. The van der Waals surface area contributed by atoms with Gasteiger partial charge in [0.15, 0.2) is 0 Å². The van der Waals surface area contributed by atoms with Crippen molar-refractivity contribution in [2.45, 2.75) is 96.9 Å². The lowest BCUT2D eigenvalue weighted by atomic mass is 9.90. The summed E-state index contributed by atoms with van der Waals surface area (Å²) in [4.78, 5) is 2.67. The SMILES string of the molecule is CCCCCCCCCCCCN1CCCC(C)C1CN. The third kappa shape index (κ3) is 8.21. The predicted octanol–water partition coefficient (Wildman–Crippen LogP) is 4.97. The van der Waals surface area contributed by atoms with E-state index in [9.17, 15) is 0 Å². The molecule has 2 atom stereocenters. The van der Waals surface area contributed by atoms with Crippen LogP contribution in [0.2, 0.25) is 0 Å². The van der Waals surface area contributed by atoms with Crippen LogP contribution in [0.1, 0.15) is 90.9 Å². The van der Waals surface area contributed by atoms with E-state index in [2.05, 4.69) is 18.7 Å². The first-order chi connectivity index (χ1) is 10.3. The second-order valence-electron chi connectivity index (χ2n) is 7.14. The molecule has 2 N–H and O–H groups in total. The number of nitrogens with zero attached hydrogens (tertiary/aromatic N) is 1. The summed E-state index contributed by atoms with van der Waals surface area (Å²) >= 11 is 0. The van der Waals surface area contributed by atoms with Crippen LogP contribution in [0.3, 0.4) is 0 Å². The van der Waals surface area contributed by atoms with Crippen LogP contribution in [0.4, 0.5) is 0 Å². The number of hydrogen-bond acceptors (Lipinski definition) is 2. The monoisotopic (exact) mass is 296 g/mol. The fourth-order valence-electron chi connectivity index (χ4n) is 3.80. The minimum absolute atomic E-state index is 0.650. The molecule has 0 bridgehead atoms. The summed E-state index contributed by atoms with van der Waals surface area (Å²) < 4.78 is 0. The van der Waals surface area contributed by atoms with Gasteiger partial charge in [-0.05, 0) is 38.3 Å². The van der Waals surface area contributed by atoms with Gasteiger partial charge in [-0.3, -0.25) is 4.90 Å². The van der Waals surface area contributed by atoms with Crippen molar-refractivity contribution in [3.63, 3.8) is 0 Å². The molecule has 1 saturated heterocycles. The highest BCUT2D eigenvalue weighted by Crippen LogP contribution is 2.23. The lowest BCUT2D eigenvalue weighted by Crippen LogP contribution is -2.48. The summed E-state index contributed by atoms with van der Waals surface area (Å²) in [6.07, 6.45) is 17.0. The maximum atomic E-state index is 5.96. The summed E-state index contributed by atoms with van der Waals surface area (Å²) in [6, 6.07) is 0.650. The Labute approximate surface area is 133 Å². The van der Waals surface area contributed by atoms with Gasteiger partial charge in [0.25, 0.3) is 0 Å². The van der Waals surface area contributed by atoms with Crippen molar-refractivity contribution >= 4 is 0 Å². The molecule has 2 heteroatoms. The minimum atomic E-state index is 0.650. The number of likely N-dealkylation sites (tertiary alicyclic amines) is 1. The average molecular weight is 297 g/mol. The summed E-state index contributed by atoms with van der Waals surface area (Å²) in [5, 5.41) is 0. The molecular weight excluding hydrogens is 256 g/mol. The Balaban J connectivity index is 1.93. The Morgan fingerprint density at radius 3 is 2.05 bits per heavy atom. The topological polar surface area (TPSA) is 29.3 Å². The molecule has 0 aromatic rings. The first kappa shape index (κ1) is 19.0. The smallest absolute Gasteiger partial charge is 0.0243 e. The highest BCUT2D eigenvalue weighted by Gasteiger charge is 2.26. The van der Waals surface area contributed by atoms with Crippen LogP contribution in [0.5, 0.6) is 0 Å². The molecule has 2 nitrogen and oxygen atoms in total. The van der Waals surface area contributed by atoms with Gasteiger partial charge in [-0.15, -0.1) is 0 Å². The number of nitrogens with two attached hydrogens (primary N) is 1. The Hall–Kier alpha value is -0.0800. The molecule has 0 aromatic heterocycles. The van der Waals surface area contributed by atoms with Gasteiger partial charge >= 0.3 is 0 Å². The number of piperidine rings is 1. The van der Waals surface area contributed by atoms with E-state index in [4.69, 9.17) is 5.73 Å². The van der Waals surface area contributed by atoms with Gasteiger partial charge < -0.3 is 5.73 Å². The Bertz CT molecular complexity index is 230. The van der Waals surface area contributed by atoms with Crippen molar-refractivity contribution < 1.29 is 0 Å². The highest BCUT2D eigenvalue weighted by atomic mass is 15.2. The van der Waals surface area contributed by atoms with E-state index in [1.165, 1.54) is 90.1 Å². The summed E-state index contributed by atoms with van der Waals surface area (Å²) in [7, 11) is 0. The highest BCUT2D eigenvalue weighted by molar-refractivity contribution is 4.82. The van der Waals surface area contributed by atoms with E-state index in [-0.39, 0.29) is 0 Å². The molecular formula is C19H40N2. The largest absolute Gasteiger partial charge is 0.329 e. The summed E-state index contributed by atoms with van der Waals surface area (Å²) in [6.45, 7) is 8.08. The lowest BCUT2D eigenvalue weighted by molar-refractivity contribution is 0.104. The third-order valence-electron chi connectivity index (χ3n) is 5.27. The van der Waals surface area contributed by atoms with E-state index >= 15 is 0 Å². The second-order valence-corrected chi connectivity index (χ2v) is 7.14. The first-order valence-corrected chi connectivity index (χ1v) is 9.73. The zero-order valence-electron chi connectivity index (χ0n) is 14.8. The molecule has 0 aromatic carbocycles. The molecule has 1 aliphatic heterocycles. The fourth-order valence-corrected chi connectivity index (χ4v) is 3.80. The second kappa shape index (κ2) is 12.5. The average Bonchev–Trinajstić information content (AvgIpc) is 2.49. The maximum Gasteiger partial charge on any atom is 0.0243 e. The van der Waals surface area contributed by atoms with Gasteiger partial charge in [0, 0.05) is 12.6 Å². The van der Waals surface area contributed by atoms with Crippen molar-refractivity contribution in [3.8, 4) is 0 Å². The van der Waals surface area contributed by atoms with E-state index in [1.807, 2.05) is 0 Å². The number of hydrogen-bond donors (Lipinski definition) is 1. The van der Waals surface area contributed by atoms with Crippen LogP contribution in [-0.4, -0.2) is 30.6 Å². The fraction of sp³-hybridized carbons (Fsp3) is 1.00. The molecule has 0 amide bonds. The normalized spacial score (nSPS) is 23.6. The molecule has 1 heterocycles. The van der Waals surface area contributed by atoms with Gasteiger partial charge in [-0.25, -0.2) is 0 Å². The van der Waals surface area contributed by atoms with E-state index < -0.39 is 0 Å². The Morgan fingerprint density at radius 1 is 0.905 bits per heavy atom. The van der Waals surface area contributed by atoms with Gasteiger partial charge in [0.2, 0.25) is 0 Å². The molecule has 1 aliphatic rings. The van der Waals surface area contributed by atoms with E-state index in [1.54, 1.807) is 0 Å². The van der Waals surface area contributed by atoms with Crippen molar-refractivity contribution in [2.24, 2.45) is 11.7 Å². The van der Waals surface area contributed by atoms with E-state index in [0.29, 0.717) is 6.04 Å². The molecule has 1 fully saturated rings. The third-order valence-corrected chi connectivity index (χ3v) is 5.27. The first-order valence-electron chi connectivity index (χ1n) is 9.73. The van der Waals surface area contributed by atoms with Gasteiger partial charge in [-0.2, -0.15) is 0 Å². The number of rotatable bonds is 12. The Morgan fingerprint density at radius 2 is 1.48 bits per heavy atom. The van der Waals surface area contributed by atoms with Crippen LogP contribution in [0.25, 0.3) is 0 Å². The van der Waals surface area contributed by atoms with Crippen LogP contribution < -0.4 is 5.73 Å². The van der Waals surface area contributed by atoms with Crippen molar-refractivity contribution in [1.82, 2.24) is 4.90 Å². The van der Waals surface area contributed by atoms with Gasteiger partial charge in [-0.1, -0.05) is 71.6 Å². The van der Waals surface area contributed by atoms with E-state index in [0.717, 1.165) is 12.5 Å². The van der Waals surface area contributed by atoms with Crippen LogP contribution in [-0.2, 0) is 0 Å². The zero-order valence-corrected chi connectivity index (χ0v) is 14.8. The number of unbranched alkanes of at least 4 members (excludes halogenated alkanes) is 9. The molecule has 2 unspecified atom stereocenters. The summed E-state index contributed by atoms with van der Waals surface area (Å²) in [5.41, 5.74) is 5.96. The van der Waals surface area contributed by atoms with Crippen molar-refractivity contribution in [2.75, 3.05) is 19.6 Å². The quantitative estimate of drug-likeness (QED) is 0.515. The maximum absolute atomic E-state index is 5.96. The lowest BCUT2D eigenvalue weighted by Gasteiger charge is -2.39. The van der Waals surface area contributed by atoms with Crippen LogP contribution in [0, 0.1) is 5.92 Å². The minimum Gasteiger partial charge on any atom is -0.329 e. The molecule has 0 saturated carbocycles.